The zero-order chi connectivity index (χ0) is 20.8. The van der Waals surface area contributed by atoms with E-state index < -0.39 is 11.6 Å². The monoisotopic (exact) mass is 398 g/mol. The second-order valence-electron chi connectivity index (χ2n) is 6.34. The summed E-state index contributed by atoms with van der Waals surface area (Å²) >= 11 is 0. The third-order valence-corrected chi connectivity index (χ3v) is 4.34. The molecular weight excluding hydrogens is 377 g/mol. The van der Waals surface area contributed by atoms with Crippen LogP contribution >= 0.6 is 0 Å². The summed E-state index contributed by atoms with van der Waals surface area (Å²) in [5.41, 5.74) is 1.84. The molecule has 150 valence electrons. The minimum absolute atomic E-state index is 0.0628. The summed E-state index contributed by atoms with van der Waals surface area (Å²) in [5.74, 6) is -1.94. The second kappa shape index (κ2) is 9.32. The molecule has 2 nitrogen and oxygen atoms in total. The summed E-state index contributed by atoms with van der Waals surface area (Å²) < 4.78 is 53.2. The lowest BCUT2D eigenvalue weighted by Gasteiger charge is -2.11. The average molecular weight is 398 g/mol. The Kier molecular flexibility index (Phi) is 6.60. The highest BCUT2D eigenvalue weighted by molar-refractivity contribution is 5.66. The Balaban J connectivity index is 1.72. The van der Waals surface area contributed by atoms with Crippen LogP contribution in [-0.2, 0) is 6.61 Å². The molecule has 3 aromatic rings. The van der Waals surface area contributed by atoms with Gasteiger partial charge in [-0.25, -0.2) is 8.78 Å². The van der Waals surface area contributed by atoms with Gasteiger partial charge in [-0.1, -0.05) is 36.4 Å². The largest absolute Gasteiger partial charge is 0.491 e. The number of hydrogen-bond acceptors (Lipinski definition) is 2. The Hall–Kier alpha value is -3.21. The van der Waals surface area contributed by atoms with Crippen molar-refractivity contribution in [3.63, 3.8) is 0 Å². The van der Waals surface area contributed by atoms with Crippen molar-refractivity contribution in [2.75, 3.05) is 6.61 Å². The van der Waals surface area contributed by atoms with E-state index in [-0.39, 0.29) is 30.3 Å². The van der Waals surface area contributed by atoms with Crippen molar-refractivity contribution < 1.29 is 22.6 Å². The van der Waals surface area contributed by atoms with Crippen molar-refractivity contribution >= 4 is 6.08 Å². The maximum Gasteiger partial charge on any atom is 0.201 e. The predicted octanol–water partition coefficient (Wildman–Crippen LogP) is 6.78. The van der Waals surface area contributed by atoms with Gasteiger partial charge in [-0.15, -0.1) is 0 Å². The molecule has 0 fully saturated rings. The number of benzene rings is 3. The van der Waals surface area contributed by atoms with Gasteiger partial charge in [-0.3, -0.25) is 0 Å². The maximum absolute atomic E-state index is 14.3. The Morgan fingerprint density at radius 1 is 0.862 bits per heavy atom. The van der Waals surface area contributed by atoms with Gasteiger partial charge in [0, 0.05) is 11.1 Å². The van der Waals surface area contributed by atoms with Gasteiger partial charge in [0.2, 0.25) is 5.82 Å². The van der Waals surface area contributed by atoms with Crippen LogP contribution in [0.2, 0.25) is 0 Å². The molecule has 0 bridgehead atoms. The molecule has 5 heteroatoms. The van der Waals surface area contributed by atoms with Crippen LogP contribution in [-0.4, -0.2) is 6.61 Å². The van der Waals surface area contributed by atoms with Gasteiger partial charge in [-0.05, 0) is 55.3 Å². The number of allylic oxidation sites excluding steroid dienone is 1. The van der Waals surface area contributed by atoms with Crippen LogP contribution in [0.1, 0.15) is 25.0 Å². The Morgan fingerprint density at radius 2 is 1.62 bits per heavy atom. The molecule has 0 aliphatic rings. The van der Waals surface area contributed by atoms with Gasteiger partial charge in [0.05, 0.1) is 6.61 Å². The lowest BCUT2D eigenvalue weighted by atomic mass is 10.0. The summed E-state index contributed by atoms with van der Waals surface area (Å²) in [5, 5.41) is 0. The molecule has 0 amide bonds. The molecule has 0 aromatic heterocycles. The summed E-state index contributed by atoms with van der Waals surface area (Å²) in [4.78, 5) is 0. The van der Waals surface area contributed by atoms with Crippen molar-refractivity contribution in [1.29, 1.82) is 0 Å². The molecule has 0 heterocycles. The molecule has 3 aromatic carbocycles. The number of ether oxygens (including phenoxy) is 2. The van der Waals surface area contributed by atoms with E-state index in [1.807, 2.05) is 25.1 Å². The van der Waals surface area contributed by atoms with Crippen LogP contribution in [0.15, 0.2) is 60.7 Å². The van der Waals surface area contributed by atoms with Crippen molar-refractivity contribution in [3.8, 4) is 22.6 Å². The smallest absolute Gasteiger partial charge is 0.201 e. The molecule has 0 aliphatic carbocycles. The van der Waals surface area contributed by atoms with Crippen molar-refractivity contribution in [1.82, 2.24) is 0 Å². The third kappa shape index (κ3) is 4.80. The van der Waals surface area contributed by atoms with Crippen LogP contribution in [0, 0.1) is 17.5 Å². The zero-order valence-electron chi connectivity index (χ0n) is 16.2. The zero-order valence-corrected chi connectivity index (χ0v) is 16.2. The van der Waals surface area contributed by atoms with Gasteiger partial charge in [-0.2, -0.15) is 4.39 Å². The summed E-state index contributed by atoms with van der Waals surface area (Å²) in [6.07, 6.45) is 3.65. The van der Waals surface area contributed by atoms with Crippen LogP contribution in [0.3, 0.4) is 0 Å². The molecule has 0 N–H and O–H groups in total. The molecule has 0 saturated heterocycles. The molecule has 0 aliphatic heterocycles. The number of halogens is 3. The van der Waals surface area contributed by atoms with Crippen molar-refractivity contribution in [3.05, 3.63) is 89.3 Å². The van der Waals surface area contributed by atoms with E-state index in [9.17, 15) is 13.2 Å². The summed E-state index contributed by atoms with van der Waals surface area (Å²) in [6.45, 7) is 3.88. The first kappa shape index (κ1) is 20.5. The quantitative estimate of drug-likeness (QED) is 0.437. The first-order valence-corrected chi connectivity index (χ1v) is 9.28. The highest BCUT2D eigenvalue weighted by Crippen LogP contribution is 2.31. The lowest BCUT2D eigenvalue weighted by molar-refractivity contribution is 0.300. The normalized spacial score (nSPS) is 11.1. The topological polar surface area (TPSA) is 18.5 Å². The van der Waals surface area contributed by atoms with Gasteiger partial charge < -0.3 is 9.47 Å². The predicted molar refractivity (Wildman–Crippen MR) is 108 cm³/mol. The second-order valence-corrected chi connectivity index (χ2v) is 6.34. The molecule has 0 radical (unpaired) electrons. The van der Waals surface area contributed by atoms with Gasteiger partial charge in [0.1, 0.15) is 18.2 Å². The number of hydrogen-bond donors (Lipinski definition) is 0. The molecule has 0 atom stereocenters. The van der Waals surface area contributed by atoms with Crippen LogP contribution in [0.5, 0.6) is 11.5 Å². The molecule has 0 saturated carbocycles. The van der Waals surface area contributed by atoms with Crippen LogP contribution in [0.4, 0.5) is 13.2 Å². The molecule has 3 rings (SSSR count). The summed E-state index contributed by atoms with van der Waals surface area (Å²) in [7, 11) is 0. The fraction of sp³-hybridized carbons (Fsp3) is 0.167. The fourth-order valence-electron chi connectivity index (χ4n) is 2.89. The lowest BCUT2D eigenvalue weighted by Crippen LogP contribution is -1.99. The SMILES string of the molecule is CC=Cc1ccc(COc2ccc(-c3ccc(OCC)c(F)c3F)cc2)c(F)c1. The fourth-order valence-corrected chi connectivity index (χ4v) is 2.89. The Bertz CT molecular complexity index is 1010. The van der Waals surface area contributed by atoms with E-state index in [0.29, 0.717) is 16.9 Å². The number of rotatable bonds is 7. The van der Waals surface area contributed by atoms with E-state index in [2.05, 4.69) is 0 Å². The third-order valence-electron chi connectivity index (χ3n) is 4.34. The van der Waals surface area contributed by atoms with Crippen molar-refractivity contribution in [2.24, 2.45) is 0 Å². The van der Waals surface area contributed by atoms with Crippen LogP contribution in [0.25, 0.3) is 17.2 Å². The van der Waals surface area contributed by atoms with Gasteiger partial charge in [0.25, 0.3) is 0 Å². The van der Waals surface area contributed by atoms with E-state index in [1.54, 1.807) is 37.3 Å². The molecule has 0 spiro atoms. The average Bonchev–Trinajstić information content (AvgIpc) is 2.72. The van der Waals surface area contributed by atoms with Gasteiger partial charge in [0.15, 0.2) is 11.6 Å². The Morgan fingerprint density at radius 3 is 2.28 bits per heavy atom. The molecular formula is C24H21F3O2. The van der Waals surface area contributed by atoms with E-state index in [0.717, 1.165) is 5.56 Å². The Labute approximate surface area is 168 Å². The first-order valence-electron chi connectivity index (χ1n) is 9.28. The van der Waals surface area contributed by atoms with Crippen molar-refractivity contribution in [2.45, 2.75) is 20.5 Å². The first-order chi connectivity index (χ1) is 14.0. The highest BCUT2D eigenvalue weighted by atomic mass is 19.2. The minimum Gasteiger partial charge on any atom is -0.491 e. The molecule has 29 heavy (non-hydrogen) atoms. The van der Waals surface area contributed by atoms with E-state index >= 15 is 0 Å². The molecule has 0 unspecified atom stereocenters. The summed E-state index contributed by atoms with van der Waals surface area (Å²) in [6, 6.07) is 14.3. The highest BCUT2D eigenvalue weighted by Gasteiger charge is 2.15. The minimum atomic E-state index is -1.01. The van der Waals surface area contributed by atoms with E-state index in [4.69, 9.17) is 9.47 Å². The standard InChI is InChI=1S/C24H21F3O2/c1-3-5-16-6-7-18(21(25)14-16)15-29-19-10-8-17(9-11-19)20-12-13-22(28-4-2)24(27)23(20)26/h3,5-14H,4,15H2,1-2H3. The van der Waals surface area contributed by atoms with E-state index in [1.165, 1.54) is 18.2 Å². The van der Waals surface area contributed by atoms with Gasteiger partial charge >= 0.3 is 0 Å². The van der Waals surface area contributed by atoms with Crippen LogP contribution < -0.4 is 9.47 Å². The maximum atomic E-state index is 14.3.